The van der Waals surface area contributed by atoms with Crippen LogP contribution in [0, 0.1) is 22.7 Å². The molecule has 0 aromatic rings. The van der Waals surface area contributed by atoms with Crippen molar-refractivity contribution < 1.29 is 52.4 Å². The molecule has 0 unspecified atom stereocenters. The van der Waals surface area contributed by atoms with E-state index < -0.39 is 70.5 Å². The van der Waals surface area contributed by atoms with E-state index in [0.717, 1.165) is 0 Å². The smallest absolute Gasteiger partial charge is 0.333 e. The Labute approximate surface area is 246 Å². The summed E-state index contributed by atoms with van der Waals surface area (Å²) in [4.78, 5) is 62.2. The lowest BCUT2D eigenvalue weighted by atomic mass is 9.42. The Bertz CT molecular complexity index is 1200. The quantitative estimate of drug-likeness (QED) is 0.169. The van der Waals surface area contributed by atoms with Gasteiger partial charge in [-0.3, -0.25) is 14.4 Å². The molecule has 4 aliphatic rings. The van der Waals surface area contributed by atoms with Gasteiger partial charge in [0.05, 0.1) is 12.0 Å². The number of epoxide rings is 1. The first kappa shape index (κ1) is 31.7. The van der Waals surface area contributed by atoms with Gasteiger partial charge in [0.25, 0.3) is 0 Å². The van der Waals surface area contributed by atoms with Crippen molar-refractivity contribution in [2.75, 3.05) is 19.8 Å². The number of ether oxygens (including phenoxy) is 6. The summed E-state index contributed by atoms with van der Waals surface area (Å²) in [6, 6.07) is 0. The highest BCUT2D eigenvalue weighted by atomic mass is 16.6. The van der Waals surface area contributed by atoms with Crippen LogP contribution in [-0.4, -0.2) is 73.6 Å². The van der Waals surface area contributed by atoms with Crippen LogP contribution in [0.3, 0.4) is 0 Å². The Balaban J connectivity index is 1.88. The van der Waals surface area contributed by atoms with Crippen LogP contribution in [0.1, 0.15) is 74.1 Å². The fourth-order valence-electron chi connectivity index (χ4n) is 7.62. The van der Waals surface area contributed by atoms with Gasteiger partial charge in [0.1, 0.15) is 37.1 Å². The first-order valence-electron chi connectivity index (χ1n) is 14.5. The van der Waals surface area contributed by atoms with Gasteiger partial charge >= 0.3 is 29.8 Å². The molecule has 0 bridgehead atoms. The monoisotopic (exact) mass is 590 g/mol. The van der Waals surface area contributed by atoms with Gasteiger partial charge < -0.3 is 28.4 Å². The van der Waals surface area contributed by atoms with Gasteiger partial charge in [-0.15, -0.1) is 0 Å². The minimum atomic E-state index is -1.06. The number of hydrogen-bond donors (Lipinski definition) is 0. The lowest BCUT2D eigenvalue weighted by Gasteiger charge is -2.64. The predicted octanol–water partition coefficient (Wildman–Crippen LogP) is 3.38. The molecule has 8 atom stereocenters. The number of cyclic esters (lactones) is 1. The van der Waals surface area contributed by atoms with Gasteiger partial charge in [-0.1, -0.05) is 19.9 Å². The van der Waals surface area contributed by atoms with Gasteiger partial charge in [-0.2, -0.15) is 0 Å². The average molecular weight is 591 g/mol. The van der Waals surface area contributed by atoms with Gasteiger partial charge in [0, 0.05) is 43.9 Å². The van der Waals surface area contributed by atoms with E-state index in [4.69, 9.17) is 28.4 Å². The van der Waals surface area contributed by atoms with E-state index in [1.807, 2.05) is 13.8 Å². The maximum absolute atomic E-state index is 13.0. The number of rotatable bonds is 9. The standard InChI is InChI=1S/C31H42O11/c1-8-17(2)28(36)42-24(22-12-26(35)37-14-22)13-29(7)18(3)11-25(41-21(6)34)31(16-38-19(4)32)27(29)23(40-20(5)33)9-10-30(31)15-39-30/h8,12,18,23-25,27H,9-11,13-16H2,1-7H3/b17-8-/t18-,23-,24+,25+,27-,29+,30+,31-/m1/s1. The van der Waals surface area contributed by atoms with Crippen molar-refractivity contribution in [1.82, 2.24) is 0 Å². The highest BCUT2D eigenvalue weighted by Gasteiger charge is 2.77. The third-order valence-corrected chi connectivity index (χ3v) is 9.95. The second kappa shape index (κ2) is 11.8. The van der Waals surface area contributed by atoms with Crippen molar-refractivity contribution >= 4 is 29.8 Å². The zero-order chi connectivity index (χ0) is 31.0. The lowest BCUT2D eigenvalue weighted by Crippen LogP contribution is -2.71. The summed E-state index contributed by atoms with van der Waals surface area (Å²) in [6.45, 7) is 11.7. The first-order chi connectivity index (χ1) is 19.7. The number of esters is 5. The Morgan fingerprint density at radius 1 is 1.10 bits per heavy atom. The summed E-state index contributed by atoms with van der Waals surface area (Å²) in [5, 5.41) is 0. The van der Waals surface area contributed by atoms with Crippen molar-refractivity contribution in [2.24, 2.45) is 22.7 Å². The maximum Gasteiger partial charge on any atom is 0.333 e. The van der Waals surface area contributed by atoms with Crippen LogP contribution in [0.15, 0.2) is 23.3 Å². The minimum Gasteiger partial charge on any atom is -0.465 e. The topological polar surface area (TPSA) is 144 Å². The van der Waals surface area contributed by atoms with Crippen LogP contribution in [0.5, 0.6) is 0 Å². The molecule has 0 radical (unpaired) electrons. The number of allylic oxidation sites excluding steroid dienone is 1. The van der Waals surface area contributed by atoms with Gasteiger partial charge in [0.15, 0.2) is 0 Å². The van der Waals surface area contributed by atoms with Crippen molar-refractivity contribution in [3.05, 3.63) is 23.3 Å². The molecular weight excluding hydrogens is 548 g/mol. The summed E-state index contributed by atoms with van der Waals surface area (Å²) in [5.74, 6) is -3.20. The summed E-state index contributed by atoms with van der Waals surface area (Å²) >= 11 is 0. The van der Waals surface area contributed by atoms with Crippen molar-refractivity contribution in [3.8, 4) is 0 Å². The van der Waals surface area contributed by atoms with Gasteiger partial charge in [0.2, 0.25) is 0 Å². The average Bonchev–Trinajstić information content (AvgIpc) is 3.56. The largest absolute Gasteiger partial charge is 0.465 e. The summed E-state index contributed by atoms with van der Waals surface area (Å²) < 4.78 is 35.1. The van der Waals surface area contributed by atoms with E-state index in [1.165, 1.54) is 26.8 Å². The molecule has 1 spiro atoms. The third-order valence-electron chi connectivity index (χ3n) is 9.95. The molecule has 2 aliphatic heterocycles. The molecule has 0 amide bonds. The molecule has 42 heavy (non-hydrogen) atoms. The van der Waals surface area contributed by atoms with Crippen LogP contribution < -0.4 is 0 Å². The highest BCUT2D eigenvalue weighted by Crippen LogP contribution is 2.69. The zero-order valence-electron chi connectivity index (χ0n) is 25.5. The Morgan fingerprint density at radius 3 is 2.29 bits per heavy atom. The molecule has 2 saturated carbocycles. The van der Waals surface area contributed by atoms with E-state index in [9.17, 15) is 24.0 Å². The molecule has 0 N–H and O–H groups in total. The molecule has 11 nitrogen and oxygen atoms in total. The molecule has 0 aromatic carbocycles. The van der Waals surface area contributed by atoms with E-state index >= 15 is 0 Å². The second-order valence-corrected chi connectivity index (χ2v) is 12.4. The van der Waals surface area contributed by atoms with E-state index in [0.29, 0.717) is 37.0 Å². The number of hydrogen-bond acceptors (Lipinski definition) is 11. The number of carbonyl (C=O) groups excluding carboxylic acids is 5. The summed E-state index contributed by atoms with van der Waals surface area (Å²) in [7, 11) is 0. The van der Waals surface area contributed by atoms with Crippen molar-refractivity contribution in [1.29, 1.82) is 0 Å². The van der Waals surface area contributed by atoms with E-state index in [2.05, 4.69) is 0 Å². The van der Waals surface area contributed by atoms with Gasteiger partial charge in [-0.05, 0) is 50.9 Å². The van der Waals surface area contributed by atoms with E-state index in [1.54, 1.807) is 19.9 Å². The molecule has 3 fully saturated rings. The molecule has 11 heteroatoms. The normalized spacial score (nSPS) is 36.2. The Morgan fingerprint density at radius 2 is 1.76 bits per heavy atom. The van der Waals surface area contributed by atoms with Crippen LogP contribution in [-0.2, 0) is 52.4 Å². The first-order valence-corrected chi connectivity index (χ1v) is 14.5. The van der Waals surface area contributed by atoms with E-state index in [-0.39, 0.29) is 25.6 Å². The molecule has 2 aliphatic carbocycles. The van der Waals surface area contributed by atoms with Crippen molar-refractivity contribution in [3.63, 3.8) is 0 Å². The summed E-state index contributed by atoms with van der Waals surface area (Å²) in [5.41, 5.74) is -1.65. The highest BCUT2D eigenvalue weighted by molar-refractivity contribution is 5.88. The van der Waals surface area contributed by atoms with Crippen LogP contribution >= 0.6 is 0 Å². The molecule has 232 valence electrons. The molecule has 1 saturated heterocycles. The fourth-order valence-corrected chi connectivity index (χ4v) is 7.62. The SMILES string of the molecule is C/C=C(/C)C(=O)O[C@@H](C[C@@]1(C)[C@H](C)C[C@H](OC(C)=O)[C@]2(COC(C)=O)[C@@H]1[C@H](OC(C)=O)CC[C@]21CO1)C1=CC(=O)OC1. The molecule has 4 rings (SSSR count). The maximum atomic E-state index is 13.0. The third kappa shape index (κ3) is 5.72. The van der Waals surface area contributed by atoms with Crippen LogP contribution in [0.2, 0.25) is 0 Å². The Kier molecular flexibility index (Phi) is 8.92. The van der Waals surface area contributed by atoms with Crippen molar-refractivity contribution in [2.45, 2.75) is 98.1 Å². The lowest BCUT2D eigenvalue weighted by molar-refractivity contribution is -0.259. The fraction of sp³-hybridized carbons (Fsp3) is 0.710. The molecule has 2 heterocycles. The number of carbonyl (C=O) groups is 5. The summed E-state index contributed by atoms with van der Waals surface area (Å²) in [6.07, 6.45) is 2.46. The number of fused-ring (bicyclic) bond motifs is 2. The zero-order valence-corrected chi connectivity index (χ0v) is 25.5. The van der Waals surface area contributed by atoms with Crippen LogP contribution in [0.4, 0.5) is 0 Å². The predicted molar refractivity (Wildman–Crippen MR) is 146 cm³/mol. The minimum absolute atomic E-state index is 0.0180. The molecular formula is C31H42O11. The molecule has 0 aromatic heterocycles. The Hall–Kier alpha value is -3.21. The second-order valence-electron chi connectivity index (χ2n) is 12.4. The van der Waals surface area contributed by atoms with Gasteiger partial charge in [-0.25, -0.2) is 9.59 Å². The van der Waals surface area contributed by atoms with Crippen LogP contribution in [0.25, 0.3) is 0 Å².